The summed E-state index contributed by atoms with van der Waals surface area (Å²) in [5.74, 6) is 0.403. The van der Waals surface area contributed by atoms with Crippen LogP contribution in [0.5, 0.6) is 5.75 Å². The molecule has 3 rings (SSSR count). The lowest BCUT2D eigenvalue weighted by molar-refractivity contribution is -0.143. The average molecular weight is 465 g/mol. The van der Waals surface area contributed by atoms with Gasteiger partial charge in [0, 0.05) is 12.6 Å². The summed E-state index contributed by atoms with van der Waals surface area (Å²) in [7, 11) is 0. The number of carbonyl (C=O) groups excluding carboxylic acids is 2. The predicted octanol–water partition coefficient (Wildman–Crippen LogP) is 5.54. The van der Waals surface area contributed by atoms with Crippen LogP contribution in [0.15, 0.2) is 48.5 Å². The van der Waals surface area contributed by atoms with Crippen molar-refractivity contribution in [2.45, 2.75) is 90.8 Å². The molecule has 1 atom stereocenters. The van der Waals surface area contributed by atoms with Crippen molar-refractivity contribution >= 4 is 11.8 Å². The van der Waals surface area contributed by atoms with Crippen LogP contribution >= 0.6 is 0 Å². The summed E-state index contributed by atoms with van der Waals surface area (Å²) in [5.41, 5.74) is 3.40. The summed E-state index contributed by atoms with van der Waals surface area (Å²) in [4.78, 5) is 28.3. The van der Waals surface area contributed by atoms with Gasteiger partial charge < -0.3 is 15.0 Å². The molecule has 1 N–H and O–H groups in total. The van der Waals surface area contributed by atoms with Crippen LogP contribution in [-0.4, -0.2) is 35.4 Å². The van der Waals surface area contributed by atoms with Gasteiger partial charge in [-0.05, 0) is 54.9 Å². The fraction of sp³-hybridized carbons (Fsp3) is 0.517. The standard InChI is InChI=1S/C29H40N2O3/c1-6-26(28(33)30-24-12-7-8-13-24)31(19-22-11-9-10-21(2)18-22)27(32)20-34-25-16-14-23(15-17-25)29(3,4)5/h9-11,14-18,24,26H,6-8,12-13,19-20H2,1-5H3,(H,30,33)/t26-/m1/s1. The van der Waals surface area contributed by atoms with E-state index in [1.54, 1.807) is 4.90 Å². The van der Waals surface area contributed by atoms with Gasteiger partial charge >= 0.3 is 0 Å². The van der Waals surface area contributed by atoms with E-state index in [0.717, 1.165) is 36.8 Å². The van der Waals surface area contributed by atoms with E-state index in [2.05, 4.69) is 32.2 Å². The Morgan fingerprint density at radius 1 is 1.09 bits per heavy atom. The maximum Gasteiger partial charge on any atom is 0.261 e. The van der Waals surface area contributed by atoms with Crippen LogP contribution in [-0.2, 0) is 21.5 Å². The zero-order valence-electron chi connectivity index (χ0n) is 21.4. The van der Waals surface area contributed by atoms with Crippen molar-refractivity contribution in [3.05, 3.63) is 65.2 Å². The van der Waals surface area contributed by atoms with Gasteiger partial charge in [-0.2, -0.15) is 0 Å². The lowest BCUT2D eigenvalue weighted by atomic mass is 9.87. The molecule has 34 heavy (non-hydrogen) atoms. The largest absolute Gasteiger partial charge is 0.484 e. The molecule has 0 spiro atoms. The zero-order valence-corrected chi connectivity index (χ0v) is 21.4. The molecule has 0 bridgehead atoms. The SMILES string of the molecule is CC[C@H](C(=O)NC1CCCC1)N(Cc1cccc(C)c1)C(=O)COc1ccc(C(C)(C)C)cc1. The molecule has 1 saturated carbocycles. The molecule has 184 valence electrons. The summed E-state index contributed by atoms with van der Waals surface area (Å²) in [6.07, 6.45) is 4.88. The minimum Gasteiger partial charge on any atom is -0.484 e. The van der Waals surface area contributed by atoms with Crippen LogP contribution in [0.25, 0.3) is 0 Å². The Bertz CT molecular complexity index is 956. The molecule has 5 nitrogen and oxygen atoms in total. The van der Waals surface area contributed by atoms with Crippen molar-refractivity contribution in [1.82, 2.24) is 10.2 Å². The first kappa shape index (κ1) is 25.8. The quantitative estimate of drug-likeness (QED) is 0.530. The number of nitrogens with zero attached hydrogens (tertiary/aromatic N) is 1. The number of hydrogen-bond donors (Lipinski definition) is 1. The van der Waals surface area contributed by atoms with E-state index < -0.39 is 6.04 Å². The molecule has 2 aromatic rings. The zero-order chi connectivity index (χ0) is 24.7. The molecule has 0 aliphatic heterocycles. The van der Waals surface area contributed by atoms with Gasteiger partial charge in [-0.1, -0.05) is 82.5 Å². The second kappa shape index (κ2) is 11.5. The summed E-state index contributed by atoms with van der Waals surface area (Å²) >= 11 is 0. The lowest BCUT2D eigenvalue weighted by Crippen LogP contribution is -2.52. The summed E-state index contributed by atoms with van der Waals surface area (Å²) in [5, 5.41) is 3.18. The van der Waals surface area contributed by atoms with Gasteiger partial charge in [0.25, 0.3) is 5.91 Å². The first-order valence-electron chi connectivity index (χ1n) is 12.6. The third-order valence-corrected chi connectivity index (χ3v) is 6.61. The van der Waals surface area contributed by atoms with Gasteiger partial charge in [-0.25, -0.2) is 0 Å². The maximum absolute atomic E-state index is 13.4. The number of amides is 2. The van der Waals surface area contributed by atoms with Crippen LogP contribution in [0, 0.1) is 6.92 Å². The molecule has 1 fully saturated rings. The van der Waals surface area contributed by atoms with Crippen LogP contribution in [0.4, 0.5) is 0 Å². The van der Waals surface area contributed by atoms with Crippen molar-refractivity contribution in [1.29, 1.82) is 0 Å². The third-order valence-electron chi connectivity index (χ3n) is 6.61. The van der Waals surface area contributed by atoms with E-state index in [-0.39, 0.29) is 29.9 Å². The molecule has 0 saturated heterocycles. The second-order valence-electron chi connectivity index (χ2n) is 10.5. The third kappa shape index (κ3) is 7.09. The van der Waals surface area contributed by atoms with Gasteiger partial charge in [0.1, 0.15) is 11.8 Å². The highest BCUT2D eigenvalue weighted by Crippen LogP contribution is 2.24. The predicted molar refractivity (Wildman–Crippen MR) is 137 cm³/mol. The Morgan fingerprint density at radius 3 is 2.35 bits per heavy atom. The number of hydrogen-bond acceptors (Lipinski definition) is 3. The van der Waals surface area contributed by atoms with Gasteiger partial charge in [0.05, 0.1) is 0 Å². The Kier molecular flexibility index (Phi) is 8.76. The highest BCUT2D eigenvalue weighted by atomic mass is 16.5. The highest BCUT2D eigenvalue weighted by Gasteiger charge is 2.31. The van der Waals surface area contributed by atoms with Crippen LogP contribution in [0.2, 0.25) is 0 Å². The Hall–Kier alpha value is -2.82. The van der Waals surface area contributed by atoms with Crippen molar-refractivity contribution in [3.8, 4) is 5.75 Å². The van der Waals surface area contributed by atoms with Crippen LogP contribution < -0.4 is 10.1 Å². The molecule has 1 aliphatic carbocycles. The van der Waals surface area contributed by atoms with Gasteiger partial charge in [-0.3, -0.25) is 9.59 Å². The molecule has 0 radical (unpaired) electrons. The number of nitrogens with one attached hydrogen (secondary N) is 1. The number of carbonyl (C=O) groups is 2. The summed E-state index contributed by atoms with van der Waals surface area (Å²) in [6.45, 7) is 10.8. The Morgan fingerprint density at radius 2 is 1.76 bits per heavy atom. The molecule has 0 heterocycles. The van der Waals surface area contributed by atoms with Crippen molar-refractivity contribution in [2.75, 3.05) is 6.61 Å². The molecule has 0 unspecified atom stereocenters. The minimum atomic E-state index is -0.527. The first-order valence-corrected chi connectivity index (χ1v) is 12.6. The molecular formula is C29H40N2O3. The topological polar surface area (TPSA) is 58.6 Å². The van der Waals surface area contributed by atoms with Crippen molar-refractivity contribution in [3.63, 3.8) is 0 Å². The monoisotopic (exact) mass is 464 g/mol. The smallest absolute Gasteiger partial charge is 0.261 e. The first-order chi connectivity index (χ1) is 16.2. The number of benzene rings is 2. The Labute approximate surface area is 204 Å². The Balaban J connectivity index is 1.74. The maximum atomic E-state index is 13.4. The average Bonchev–Trinajstić information content (AvgIpc) is 3.30. The summed E-state index contributed by atoms with van der Waals surface area (Å²) < 4.78 is 5.86. The fourth-order valence-corrected chi connectivity index (χ4v) is 4.57. The van der Waals surface area contributed by atoms with E-state index in [9.17, 15) is 9.59 Å². The minimum absolute atomic E-state index is 0.0555. The van der Waals surface area contributed by atoms with E-state index in [0.29, 0.717) is 18.7 Å². The van der Waals surface area contributed by atoms with Crippen molar-refractivity contribution in [2.24, 2.45) is 0 Å². The molecule has 5 heteroatoms. The van der Waals surface area contributed by atoms with Crippen LogP contribution in [0.1, 0.15) is 76.5 Å². The van der Waals surface area contributed by atoms with E-state index in [1.807, 2.05) is 56.3 Å². The van der Waals surface area contributed by atoms with E-state index in [4.69, 9.17) is 4.74 Å². The molecule has 1 aliphatic rings. The van der Waals surface area contributed by atoms with E-state index in [1.165, 1.54) is 5.56 Å². The second-order valence-corrected chi connectivity index (χ2v) is 10.5. The highest BCUT2D eigenvalue weighted by molar-refractivity contribution is 5.88. The van der Waals surface area contributed by atoms with Gasteiger partial charge in [0.2, 0.25) is 5.91 Å². The molecule has 2 amide bonds. The number of ether oxygens (including phenoxy) is 1. The molecular weight excluding hydrogens is 424 g/mol. The summed E-state index contributed by atoms with van der Waals surface area (Å²) in [6, 6.07) is 15.7. The number of aryl methyl sites for hydroxylation is 1. The lowest BCUT2D eigenvalue weighted by Gasteiger charge is -2.31. The normalized spacial score (nSPS) is 15.1. The van der Waals surface area contributed by atoms with Crippen LogP contribution in [0.3, 0.4) is 0 Å². The van der Waals surface area contributed by atoms with Gasteiger partial charge in [-0.15, -0.1) is 0 Å². The fourth-order valence-electron chi connectivity index (χ4n) is 4.57. The van der Waals surface area contributed by atoms with Gasteiger partial charge in [0.15, 0.2) is 6.61 Å². The molecule has 2 aromatic carbocycles. The molecule has 0 aromatic heterocycles. The van der Waals surface area contributed by atoms with Crippen molar-refractivity contribution < 1.29 is 14.3 Å². The van der Waals surface area contributed by atoms with E-state index >= 15 is 0 Å². The number of rotatable bonds is 9.